The van der Waals surface area contributed by atoms with Crippen molar-refractivity contribution in [3.8, 4) is 0 Å². The molecule has 2 nitrogen and oxygen atoms in total. The average molecular weight is 222 g/mol. The van der Waals surface area contributed by atoms with Crippen molar-refractivity contribution in [2.75, 3.05) is 6.61 Å². The van der Waals surface area contributed by atoms with Gasteiger partial charge in [0.25, 0.3) is 0 Å². The lowest BCUT2D eigenvalue weighted by atomic mass is 10.0. The highest BCUT2D eigenvalue weighted by Crippen LogP contribution is 2.17. The van der Waals surface area contributed by atoms with Gasteiger partial charge in [-0.1, -0.05) is 26.8 Å². The lowest BCUT2D eigenvalue weighted by molar-refractivity contribution is -0.122. The molecule has 0 fully saturated rings. The first kappa shape index (κ1) is 13.0. The largest absolute Gasteiger partial charge is 0.494 e. The number of ketones is 1. The van der Waals surface area contributed by atoms with E-state index in [0.29, 0.717) is 24.7 Å². The van der Waals surface area contributed by atoms with Crippen LogP contribution in [0.15, 0.2) is 24.0 Å². The summed E-state index contributed by atoms with van der Waals surface area (Å²) in [6, 6.07) is 0. The maximum atomic E-state index is 11.4. The van der Waals surface area contributed by atoms with Gasteiger partial charge in [0.1, 0.15) is 11.5 Å². The molecule has 1 rings (SSSR count). The second kappa shape index (κ2) is 6.51. The normalized spacial score (nSPS) is 19.8. The second-order valence-electron chi connectivity index (χ2n) is 4.76. The highest BCUT2D eigenvalue weighted by Gasteiger charge is 2.07. The Bertz CT molecular complexity index is 287. The van der Waals surface area contributed by atoms with Crippen molar-refractivity contribution < 1.29 is 9.53 Å². The zero-order valence-electron chi connectivity index (χ0n) is 10.5. The van der Waals surface area contributed by atoms with Crippen molar-refractivity contribution in [1.29, 1.82) is 0 Å². The lowest BCUT2D eigenvalue weighted by Crippen LogP contribution is -2.08. The first-order valence-electron chi connectivity index (χ1n) is 6.13. The molecular weight excluding hydrogens is 200 g/mol. The van der Waals surface area contributed by atoms with E-state index in [0.717, 1.165) is 18.6 Å². The van der Waals surface area contributed by atoms with Gasteiger partial charge in [-0.25, -0.2) is 0 Å². The van der Waals surface area contributed by atoms with Gasteiger partial charge in [-0.15, -0.1) is 0 Å². The molecule has 0 spiro atoms. The smallest absolute Gasteiger partial charge is 0.135 e. The van der Waals surface area contributed by atoms with Crippen molar-refractivity contribution >= 4 is 5.78 Å². The SMILES string of the molecule is CC1C=C(OCCCC(=O)C(C)C)C=CC1. The molecule has 0 aromatic heterocycles. The summed E-state index contributed by atoms with van der Waals surface area (Å²) in [5.41, 5.74) is 0. The molecule has 0 radical (unpaired) electrons. The third kappa shape index (κ3) is 4.65. The lowest BCUT2D eigenvalue weighted by Gasteiger charge is -2.13. The molecule has 2 heteroatoms. The molecule has 1 aliphatic rings. The molecule has 0 saturated heterocycles. The Kier molecular flexibility index (Phi) is 5.30. The highest BCUT2D eigenvalue weighted by molar-refractivity contribution is 5.80. The molecule has 0 aromatic rings. The zero-order valence-corrected chi connectivity index (χ0v) is 10.5. The standard InChI is InChI=1S/C14H22O2/c1-11(2)14(15)8-5-9-16-13-7-4-6-12(3)10-13/h4,7,10-12H,5-6,8-9H2,1-3H3. The summed E-state index contributed by atoms with van der Waals surface area (Å²) in [4.78, 5) is 11.4. The molecule has 1 unspecified atom stereocenters. The van der Waals surface area contributed by atoms with Gasteiger partial charge in [-0.2, -0.15) is 0 Å². The third-order valence-electron chi connectivity index (χ3n) is 2.72. The van der Waals surface area contributed by atoms with E-state index in [2.05, 4.69) is 19.1 Å². The quantitative estimate of drug-likeness (QED) is 0.643. The predicted octanol–water partition coefficient (Wildman–Crippen LogP) is 3.49. The number of allylic oxidation sites excluding steroid dienone is 3. The molecule has 0 amide bonds. The minimum Gasteiger partial charge on any atom is -0.494 e. The Balaban J connectivity index is 2.16. The zero-order chi connectivity index (χ0) is 12.0. The number of ether oxygens (including phenoxy) is 1. The van der Waals surface area contributed by atoms with Crippen LogP contribution < -0.4 is 0 Å². The van der Waals surface area contributed by atoms with E-state index in [9.17, 15) is 4.79 Å². The molecule has 0 saturated carbocycles. The van der Waals surface area contributed by atoms with Crippen LogP contribution in [0.2, 0.25) is 0 Å². The Morgan fingerprint density at radius 2 is 2.31 bits per heavy atom. The monoisotopic (exact) mass is 222 g/mol. The maximum Gasteiger partial charge on any atom is 0.135 e. The Morgan fingerprint density at radius 1 is 1.56 bits per heavy atom. The number of hydrogen-bond donors (Lipinski definition) is 0. The summed E-state index contributed by atoms with van der Waals surface area (Å²) in [5.74, 6) is 1.99. The first-order chi connectivity index (χ1) is 7.59. The fourth-order valence-corrected chi connectivity index (χ4v) is 1.62. The van der Waals surface area contributed by atoms with Crippen LogP contribution >= 0.6 is 0 Å². The highest BCUT2D eigenvalue weighted by atomic mass is 16.5. The minimum atomic E-state index is 0.147. The molecule has 0 aromatic carbocycles. The number of Topliss-reactive ketones (excluding diaryl/α,β-unsaturated/α-hetero) is 1. The summed E-state index contributed by atoms with van der Waals surface area (Å²) < 4.78 is 5.61. The van der Waals surface area contributed by atoms with Crippen LogP contribution in [0, 0.1) is 11.8 Å². The van der Waals surface area contributed by atoms with Gasteiger partial charge in [-0.3, -0.25) is 4.79 Å². The number of rotatable bonds is 6. The van der Waals surface area contributed by atoms with Crippen molar-refractivity contribution in [2.24, 2.45) is 11.8 Å². The number of carbonyl (C=O) groups excluding carboxylic acids is 1. The summed E-state index contributed by atoms with van der Waals surface area (Å²) >= 11 is 0. The van der Waals surface area contributed by atoms with Crippen molar-refractivity contribution in [1.82, 2.24) is 0 Å². The summed E-state index contributed by atoms with van der Waals surface area (Å²) in [6.45, 7) is 6.70. The number of hydrogen-bond acceptors (Lipinski definition) is 2. The van der Waals surface area contributed by atoms with E-state index in [1.165, 1.54) is 0 Å². The van der Waals surface area contributed by atoms with Gasteiger partial charge in [0, 0.05) is 12.3 Å². The molecule has 1 atom stereocenters. The van der Waals surface area contributed by atoms with Crippen LogP contribution in [0.1, 0.15) is 40.0 Å². The molecule has 0 N–H and O–H groups in total. The molecule has 0 bridgehead atoms. The van der Waals surface area contributed by atoms with Crippen LogP contribution in [-0.2, 0) is 9.53 Å². The molecule has 0 aliphatic heterocycles. The van der Waals surface area contributed by atoms with Gasteiger partial charge in [0.2, 0.25) is 0 Å². The van der Waals surface area contributed by atoms with E-state index in [-0.39, 0.29) is 5.92 Å². The van der Waals surface area contributed by atoms with E-state index < -0.39 is 0 Å². The second-order valence-corrected chi connectivity index (χ2v) is 4.76. The summed E-state index contributed by atoms with van der Waals surface area (Å²) in [6.07, 6.45) is 8.84. The first-order valence-corrected chi connectivity index (χ1v) is 6.13. The molecule has 16 heavy (non-hydrogen) atoms. The van der Waals surface area contributed by atoms with Crippen LogP contribution in [0.3, 0.4) is 0 Å². The van der Waals surface area contributed by atoms with Gasteiger partial charge in [-0.05, 0) is 30.9 Å². The maximum absolute atomic E-state index is 11.4. The van der Waals surface area contributed by atoms with Gasteiger partial charge in [0.05, 0.1) is 6.61 Å². The Hall–Kier alpha value is -1.05. The van der Waals surface area contributed by atoms with Crippen LogP contribution in [0.25, 0.3) is 0 Å². The van der Waals surface area contributed by atoms with Gasteiger partial charge in [0.15, 0.2) is 0 Å². The van der Waals surface area contributed by atoms with Crippen LogP contribution in [-0.4, -0.2) is 12.4 Å². The van der Waals surface area contributed by atoms with E-state index in [1.54, 1.807) is 0 Å². The van der Waals surface area contributed by atoms with Crippen molar-refractivity contribution in [3.63, 3.8) is 0 Å². The Morgan fingerprint density at radius 3 is 2.94 bits per heavy atom. The van der Waals surface area contributed by atoms with E-state index in [4.69, 9.17) is 4.74 Å². The fraction of sp³-hybridized carbons (Fsp3) is 0.643. The van der Waals surface area contributed by atoms with E-state index in [1.807, 2.05) is 19.9 Å². The predicted molar refractivity (Wildman–Crippen MR) is 66.0 cm³/mol. The molecular formula is C14H22O2. The Labute approximate surface area is 98.4 Å². The topological polar surface area (TPSA) is 26.3 Å². The minimum absolute atomic E-state index is 0.147. The van der Waals surface area contributed by atoms with Crippen LogP contribution in [0.4, 0.5) is 0 Å². The molecule has 1 aliphatic carbocycles. The van der Waals surface area contributed by atoms with Gasteiger partial charge >= 0.3 is 0 Å². The average Bonchev–Trinajstić information content (AvgIpc) is 2.24. The van der Waals surface area contributed by atoms with Crippen molar-refractivity contribution in [3.05, 3.63) is 24.0 Å². The summed E-state index contributed by atoms with van der Waals surface area (Å²) in [5, 5.41) is 0. The van der Waals surface area contributed by atoms with Crippen molar-refractivity contribution in [2.45, 2.75) is 40.0 Å². The van der Waals surface area contributed by atoms with Crippen LogP contribution in [0.5, 0.6) is 0 Å². The fourth-order valence-electron chi connectivity index (χ4n) is 1.62. The van der Waals surface area contributed by atoms with Gasteiger partial charge < -0.3 is 4.74 Å². The van der Waals surface area contributed by atoms with E-state index >= 15 is 0 Å². The number of carbonyl (C=O) groups is 1. The summed E-state index contributed by atoms with van der Waals surface area (Å²) in [7, 11) is 0. The molecule has 0 heterocycles. The third-order valence-corrected chi connectivity index (χ3v) is 2.72. The molecule has 90 valence electrons.